The Morgan fingerprint density at radius 1 is 0.974 bits per heavy atom. The number of hydrogen-bond acceptors (Lipinski definition) is 5. The lowest BCUT2D eigenvalue weighted by Crippen LogP contribution is -2.38. The van der Waals surface area contributed by atoms with E-state index in [1.807, 2.05) is 26.0 Å². The van der Waals surface area contributed by atoms with Crippen molar-refractivity contribution >= 4 is 11.7 Å². The van der Waals surface area contributed by atoms with Gasteiger partial charge in [0.2, 0.25) is 0 Å². The lowest BCUT2D eigenvalue weighted by molar-refractivity contribution is -0.142. The van der Waals surface area contributed by atoms with Gasteiger partial charge < -0.3 is 9.64 Å². The predicted octanol–water partition coefficient (Wildman–Crippen LogP) is 6.87. The Labute approximate surface area is 233 Å². The maximum Gasteiger partial charge on any atom is 0.310 e. The summed E-state index contributed by atoms with van der Waals surface area (Å²) in [6.45, 7) is 14.4. The fourth-order valence-electron chi connectivity index (χ4n) is 5.51. The molecule has 0 saturated carbocycles. The van der Waals surface area contributed by atoms with Gasteiger partial charge in [0.15, 0.2) is 0 Å². The van der Waals surface area contributed by atoms with E-state index in [0.717, 1.165) is 78.3 Å². The first kappa shape index (κ1) is 28.8. The van der Waals surface area contributed by atoms with Gasteiger partial charge in [-0.05, 0) is 74.9 Å². The van der Waals surface area contributed by atoms with Crippen molar-refractivity contribution in [3.05, 3.63) is 82.4 Å². The highest BCUT2D eigenvalue weighted by molar-refractivity contribution is 5.86. The van der Waals surface area contributed by atoms with E-state index in [0.29, 0.717) is 12.0 Å². The molecule has 1 fully saturated rings. The van der Waals surface area contributed by atoms with Crippen LogP contribution in [-0.2, 0) is 29.0 Å². The Balaban J connectivity index is 1.64. The largest absolute Gasteiger partial charge is 0.466 e. The van der Waals surface area contributed by atoms with Crippen LogP contribution in [0.4, 0.5) is 10.1 Å². The molecule has 0 radical (unpaired) electrons. The van der Waals surface area contributed by atoms with Gasteiger partial charge in [-0.1, -0.05) is 50.2 Å². The molecule has 3 aromatic rings. The maximum absolute atomic E-state index is 13.3. The van der Waals surface area contributed by atoms with Gasteiger partial charge in [0.25, 0.3) is 0 Å². The number of aryl methyl sites for hydroxylation is 2. The lowest BCUT2D eigenvalue weighted by Gasteiger charge is -2.40. The van der Waals surface area contributed by atoms with Crippen molar-refractivity contribution in [1.29, 1.82) is 0 Å². The quantitative estimate of drug-likeness (QED) is 0.282. The van der Waals surface area contributed by atoms with E-state index >= 15 is 0 Å². The standard InChI is InChI=1S/C33H42FN3O2/c1-7-39-30(38)20-29-23(2)35-24(3)31(32(29)37-18-16-33(4,5)17-19-37)27-12-8-25(9-13-27)21-36(6)22-26-10-14-28(34)15-11-26/h8-15H,7,16-22H2,1-6H3. The zero-order chi connectivity index (χ0) is 28.2. The first-order chi connectivity index (χ1) is 18.6. The highest BCUT2D eigenvalue weighted by Gasteiger charge is 2.30. The van der Waals surface area contributed by atoms with Crippen LogP contribution >= 0.6 is 0 Å². The molecule has 5 nitrogen and oxygen atoms in total. The number of piperidine rings is 1. The van der Waals surface area contributed by atoms with Gasteiger partial charge in [-0.25, -0.2) is 4.39 Å². The summed E-state index contributed by atoms with van der Waals surface area (Å²) in [6.07, 6.45) is 2.43. The summed E-state index contributed by atoms with van der Waals surface area (Å²) >= 11 is 0. The summed E-state index contributed by atoms with van der Waals surface area (Å²) in [6, 6.07) is 15.4. The number of pyridine rings is 1. The zero-order valence-corrected chi connectivity index (χ0v) is 24.3. The van der Waals surface area contributed by atoms with E-state index in [1.165, 1.54) is 17.7 Å². The third-order valence-corrected chi connectivity index (χ3v) is 7.78. The van der Waals surface area contributed by atoms with Gasteiger partial charge in [0.1, 0.15) is 5.82 Å². The first-order valence-corrected chi connectivity index (χ1v) is 14.0. The van der Waals surface area contributed by atoms with Crippen LogP contribution in [0.2, 0.25) is 0 Å². The number of halogens is 1. The molecule has 1 saturated heterocycles. The van der Waals surface area contributed by atoms with Crippen LogP contribution < -0.4 is 4.90 Å². The second-order valence-corrected chi connectivity index (χ2v) is 11.6. The Morgan fingerprint density at radius 3 is 2.10 bits per heavy atom. The van der Waals surface area contributed by atoms with Gasteiger partial charge >= 0.3 is 5.97 Å². The van der Waals surface area contributed by atoms with Crippen LogP contribution in [0.1, 0.15) is 61.7 Å². The molecule has 1 aliphatic heterocycles. The number of hydrogen-bond donors (Lipinski definition) is 0. The molecule has 208 valence electrons. The highest BCUT2D eigenvalue weighted by atomic mass is 19.1. The van der Waals surface area contributed by atoms with Gasteiger partial charge in [0, 0.05) is 48.7 Å². The molecule has 0 aliphatic carbocycles. The van der Waals surface area contributed by atoms with E-state index in [1.54, 1.807) is 0 Å². The number of rotatable bonds is 9. The zero-order valence-electron chi connectivity index (χ0n) is 24.3. The Hall–Kier alpha value is -3.25. The minimum atomic E-state index is -0.213. The van der Waals surface area contributed by atoms with E-state index in [2.05, 4.69) is 61.9 Å². The number of carbonyl (C=O) groups excluding carboxylic acids is 1. The van der Waals surface area contributed by atoms with Crippen molar-refractivity contribution in [1.82, 2.24) is 9.88 Å². The molecule has 0 amide bonds. The molecule has 0 unspecified atom stereocenters. The van der Waals surface area contributed by atoms with Crippen LogP contribution in [0.3, 0.4) is 0 Å². The van der Waals surface area contributed by atoms with Gasteiger partial charge in [-0.15, -0.1) is 0 Å². The van der Waals surface area contributed by atoms with E-state index in [4.69, 9.17) is 9.72 Å². The molecular formula is C33H42FN3O2. The van der Waals surface area contributed by atoms with Gasteiger partial charge in [-0.2, -0.15) is 0 Å². The van der Waals surface area contributed by atoms with Crippen LogP contribution in [0.15, 0.2) is 48.5 Å². The van der Waals surface area contributed by atoms with E-state index < -0.39 is 0 Å². The van der Waals surface area contributed by atoms with Gasteiger partial charge in [-0.3, -0.25) is 14.7 Å². The molecule has 1 aromatic heterocycles. The summed E-state index contributed by atoms with van der Waals surface area (Å²) in [7, 11) is 2.07. The van der Waals surface area contributed by atoms with Crippen molar-refractivity contribution < 1.29 is 13.9 Å². The summed E-state index contributed by atoms with van der Waals surface area (Å²) in [5.41, 5.74) is 8.78. The minimum absolute atomic E-state index is 0.212. The monoisotopic (exact) mass is 531 g/mol. The highest BCUT2D eigenvalue weighted by Crippen LogP contribution is 2.41. The molecule has 0 atom stereocenters. The summed E-state index contributed by atoms with van der Waals surface area (Å²) in [4.78, 5) is 22.2. The van der Waals surface area contributed by atoms with Crippen molar-refractivity contribution in [3.63, 3.8) is 0 Å². The van der Waals surface area contributed by atoms with Crippen molar-refractivity contribution in [2.75, 3.05) is 31.6 Å². The molecule has 4 rings (SSSR count). The molecular weight excluding hydrogens is 489 g/mol. The molecule has 0 spiro atoms. The average Bonchev–Trinajstić information content (AvgIpc) is 2.88. The Kier molecular flexibility index (Phi) is 9.06. The summed E-state index contributed by atoms with van der Waals surface area (Å²) in [5.74, 6) is -0.425. The van der Waals surface area contributed by atoms with Crippen LogP contribution in [0, 0.1) is 25.1 Å². The predicted molar refractivity (Wildman–Crippen MR) is 156 cm³/mol. The number of anilines is 1. The van der Waals surface area contributed by atoms with E-state index in [-0.39, 0.29) is 18.2 Å². The number of benzene rings is 2. The second kappa shape index (κ2) is 12.3. The Morgan fingerprint density at radius 2 is 1.54 bits per heavy atom. The molecule has 0 N–H and O–H groups in total. The molecule has 39 heavy (non-hydrogen) atoms. The molecule has 1 aliphatic rings. The van der Waals surface area contributed by atoms with Gasteiger partial charge in [0.05, 0.1) is 18.7 Å². The number of aromatic nitrogens is 1. The lowest BCUT2D eigenvalue weighted by atomic mass is 9.82. The molecule has 6 heteroatoms. The SMILES string of the molecule is CCOC(=O)Cc1c(C)nc(C)c(-c2ccc(CN(C)Cc3ccc(F)cc3)cc2)c1N1CCC(C)(C)CC1. The third kappa shape index (κ3) is 7.24. The molecule has 2 heterocycles. The molecule has 2 aromatic carbocycles. The van der Waals surface area contributed by atoms with Crippen LogP contribution in [0.25, 0.3) is 11.1 Å². The number of esters is 1. The fourth-order valence-corrected chi connectivity index (χ4v) is 5.51. The number of nitrogens with zero attached hydrogens (tertiary/aromatic N) is 3. The van der Waals surface area contributed by atoms with E-state index in [9.17, 15) is 9.18 Å². The fraction of sp³-hybridized carbons (Fsp3) is 0.455. The van der Waals surface area contributed by atoms with Crippen LogP contribution in [0.5, 0.6) is 0 Å². The maximum atomic E-state index is 13.3. The summed E-state index contributed by atoms with van der Waals surface area (Å²) < 4.78 is 18.6. The first-order valence-electron chi connectivity index (χ1n) is 14.0. The topological polar surface area (TPSA) is 45.7 Å². The molecule has 0 bridgehead atoms. The smallest absolute Gasteiger partial charge is 0.310 e. The van der Waals surface area contributed by atoms with Crippen molar-refractivity contribution in [2.24, 2.45) is 5.41 Å². The van der Waals surface area contributed by atoms with Crippen molar-refractivity contribution in [3.8, 4) is 11.1 Å². The normalized spacial score (nSPS) is 15.0. The minimum Gasteiger partial charge on any atom is -0.466 e. The third-order valence-electron chi connectivity index (χ3n) is 7.78. The second-order valence-electron chi connectivity index (χ2n) is 11.6. The summed E-state index contributed by atoms with van der Waals surface area (Å²) in [5, 5.41) is 0. The number of ether oxygens (including phenoxy) is 1. The van der Waals surface area contributed by atoms with Crippen LogP contribution in [-0.4, -0.2) is 42.6 Å². The Bertz CT molecular complexity index is 1280. The average molecular weight is 532 g/mol. The number of carbonyl (C=O) groups is 1. The van der Waals surface area contributed by atoms with Crippen molar-refractivity contribution in [2.45, 2.75) is 67.0 Å².